The van der Waals surface area contributed by atoms with Crippen LogP contribution in [-0.2, 0) is 0 Å². The highest BCUT2D eigenvalue weighted by atomic mass is 32.2. The Morgan fingerprint density at radius 1 is 1.11 bits per heavy atom. The van der Waals surface area contributed by atoms with Crippen LogP contribution in [0.15, 0.2) is 29.2 Å². The van der Waals surface area contributed by atoms with Crippen molar-refractivity contribution in [3.63, 3.8) is 0 Å². The molecule has 1 saturated carbocycles. The fraction of sp³-hybridized carbons (Fsp3) is 0.647. The van der Waals surface area contributed by atoms with Gasteiger partial charge in [0.15, 0.2) is 0 Å². The van der Waals surface area contributed by atoms with E-state index in [1.807, 2.05) is 0 Å². The molecule has 1 aliphatic carbocycles. The molecule has 0 spiro atoms. The Labute approximate surface area is 122 Å². The molecule has 2 heteroatoms. The largest absolute Gasteiger partial charge is 0.307 e. The van der Waals surface area contributed by atoms with Crippen LogP contribution in [0.3, 0.4) is 0 Å². The van der Waals surface area contributed by atoms with Gasteiger partial charge >= 0.3 is 0 Å². The summed E-state index contributed by atoms with van der Waals surface area (Å²) in [6, 6.07) is 10.1. The average Bonchev–Trinajstić information content (AvgIpc) is 2.43. The van der Waals surface area contributed by atoms with Crippen molar-refractivity contribution < 1.29 is 0 Å². The molecule has 2 rings (SSSR count). The minimum absolute atomic E-state index is 0.460. The van der Waals surface area contributed by atoms with E-state index in [0.717, 1.165) is 11.8 Å². The Kier molecular flexibility index (Phi) is 5.35. The minimum Gasteiger partial charge on any atom is -0.307 e. The summed E-state index contributed by atoms with van der Waals surface area (Å²) in [5.74, 6) is 1.76. The van der Waals surface area contributed by atoms with Crippen molar-refractivity contribution in [3.8, 4) is 0 Å². The third-order valence-electron chi connectivity index (χ3n) is 4.70. The van der Waals surface area contributed by atoms with Gasteiger partial charge < -0.3 is 5.32 Å². The second-order valence-electron chi connectivity index (χ2n) is 6.13. The van der Waals surface area contributed by atoms with Crippen LogP contribution in [0.1, 0.15) is 51.6 Å². The lowest BCUT2D eigenvalue weighted by Crippen LogP contribution is -2.37. The van der Waals surface area contributed by atoms with Crippen LogP contribution in [-0.4, -0.2) is 12.3 Å². The first-order valence-electron chi connectivity index (χ1n) is 7.50. The Bertz CT molecular complexity index is 387. The quantitative estimate of drug-likeness (QED) is 0.787. The Balaban J connectivity index is 1.91. The van der Waals surface area contributed by atoms with E-state index in [4.69, 9.17) is 0 Å². The number of hydrogen-bond donors (Lipinski definition) is 1. The first kappa shape index (κ1) is 14.9. The zero-order chi connectivity index (χ0) is 13.8. The van der Waals surface area contributed by atoms with E-state index in [1.165, 1.54) is 29.7 Å². The van der Waals surface area contributed by atoms with Crippen LogP contribution in [0, 0.1) is 11.8 Å². The van der Waals surface area contributed by atoms with Crippen LogP contribution in [0.2, 0.25) is 0 Å². The average molecular weight is 277 g/mol. The van der Waals surface area contributed by atoms with Crippen molar-refractivity contribution in [2.24, 2.45) is 11.8 Å². The second-order valence-corrected chi connectivity index (χ2v) is 7.01. The topological polar surface area (TPSA) is 12.0 Å². The fourth-order valence-corrected chi connectivity index (χ4v) is 3.45. The second kappa shape index (κ2) is 6.81. The third kappa shape index (κ3) is 4.00. The molecule has 19 heavy (non-hydrogen) atoms. The van der Waals surface area contributed by atoms with Gasteiger partial charge in [0.1, 0.15) is 0 Å². The van der Waals surface area contributed by atoms with Crippen LogP contribution < -0.4 is 5.32 Å². The van der Waals surface area contributed by atoms with Crippen LogP contribution >= 0.6 is 11.8 Å². The van der Waals surface area contributed by atoms with Gasteiger partial charge in [0.25, 0.3) is 0 Å². The molecule has 1 aliphatic rings. The van der Waals surface area contributed by atoms with Gasteiger partial charge in [-0.3, -0.25) is 0 Å². The maximum Gasteiger partial charge on any atom is 0.0294 e. The van der Waals surface area contributed by atoms with E-state index in [2.05, 4.69) is 56.6 Å². The monoisotopic (exact) mass is 277 g/mol. The lowest BCUT2D eigenvalue weighted by atomic mass is 9.79. The zero-order valence-corrected chi connectivity index (χ0v) is 13.5. The molecular formula is C17H27NS. The SMILES string of the molecule is CSc1ccc(C(C)NC2CCC(C)C(C)C2)cc1. The highest BCUT2D eigenvalue weighted by molar-refractivity contribution is 7.98. The molecule has 0 heterocycles. The standard InChI is InChI=1S/C17H27NS/c1-12-5-8-16(11-13(12)2)18-14(3)15-6-9-17(19-4)10-7-15/h6-7,9-10,12-14,16,18H,5,8,11H2,1-4H3. The maximum absolute atomic E-state index is 3.82. The third-order valence-corrected chi connectivity index (χ3v) is 5.44. The number of nitrogens with one attached hydrogen (secondary N) is 1. The molecule has 1 N–H and O–H groups in total. The Hall–Kier alpha value is -0.470. The molecule has 106 valence electrons. The summed E-state index contributed by atoms with van der Waals surface area (Å²) in [5, 5.41) is 3.82. The van der Waals surface area contributed by atoms with E-state index in [9.17, 15) is 0 Å². The van der Waals surface area contributed by atoms with Crippen LogP contribution in [0.25, 0.3) is 0 Å². The molecule has 0 amide bonds. The predicted molar refractivity (Wildman–Crippen MR) is 85.7 cm³/mol. The molecule has 0 aromatic heterocycles. The van der Waals surface area contributed by atoms with Gasteiger partial charge in [-0.05, 0) is 62.0 Å². The van der Waals surface area contributed by atoms with Gasteiger partial charge in [0.05, 0.1) is 0 Å². The summed E-state index contributed by atoms with van der Waals surface area (Å²) in [6.07, 6.45) is 6.16. The minimum atomic E-state index is 0.460. The van der Waals surface area contributed by atoms with E-state index < -0.39 is 0 Å². The van der Waals surface area contributed by atoms with Gasteiger partial charge in [-0.2, -0.15) is 0 Å². The lowest BCUT2D eigenvalue weighted by molar-refractivity contribution is 0.217. The van der Waals surface area contributed by atoms with Gasteiger partial charge in [0, 0.05) is 17.0 Å². The van der Waals surface area contributed by atoms with E-state index >= 15 is 0 Å². The number of hydrogen-bond acceptors (Lipinski definition) is 2. The first-order chi connectivity index (χ1) is 9.10. The van der Waals surface area contributed by atoms with Gasteiger partial charge in [0.2, 0.25) is 0 Å². The molecule has 4 unspecified atom stereocenters. The first-order valence-corrected chi connectivity index (χ1v) is 8.72. The normalized spacial score (nSPS) is 29.2. The van der Waals surface area contributed by atoms with Crippen LogP contribution in [0.5, 0.6) is 0 Å². The van der Waals surface area contributed by atoms with Gasteiger partial charge in [-0.15, -0.1) is 11.8 Å². The van der Waals surface area contributed by atoms with Crippen molar-refractivity contribution in [1.82, 2.24) is 5.32 Å². The molecule has 1 nitrogen and oxygen atoms in total. The summed E-state index contributed by atoms with van der Waals surface area (Å²) in [7, 11) is 0. The highest BCUT2D eigenvalue weighted by Crippen LogP contribution is 2.30. The molecule has 4 atom stereocenters. The van der Waals surface area contributed by atoms with Gasteiger partial charge in [-0.1, -0.05) is 26.0 Å². The Morgan fingerprint density at radius 2 is 1.79 bits per heavy atom. The Morgan fingerprint density at radius 3 is 2.37 bits per heavy atom. The van der Waals surface area contributed by atoms with Crippen molar-refractivity contribution in [3.05, 3.63) is 29.8 Å². The van der Waals surface area contributed by atoms with E-state index in [1.54, 1.807) is 11.8 Å². The molecule has 1 aromatic rings. The molecular weight excluding hydrogens is 250 g/mol. The molecule has 0 radical (unpaired) electrons. The predicted octanol–water partition coefficient (Wildman–Crippen LogP) is 4.88. The van der Waals surface area contributed by atoms with Crippen molar-refractivity contribution in [1.29, 1.82) is 0 Å². The summed E-state index contributed by atoms with van der Waals surface area (Å²) < 4.78 is 0. The number of thioether (sulfide) groups is 1. The van der Waals surface area contributed by atoms with E-state index in [0.29, 0.717) is 12.1 Å². The van der Waals surface area contributed by atoms with Crippen molar-refractivity contribution in [2.75, 3.05) is 6.26 Å². The van der Waals surface area contributed by atoms with Crippen molar-refractivity contribution in [2.45, 2.75) is 57.0 Å². The van der Waals surface area contributed by atoms with Crippen LogP contribution in [0.4, 0.5) is 0 Å². The smallest absolute Gasteiger partial charge is 0.0294 e. The fourth-order valence-electron chi connectivity index (χ4n) is 3.04. The molecule has 0 aliphatic heterocycles. The zero-order valence-electron chi connectivity index (χ0n) is 12.6. The summed E-state index contributed by atoms with van der Waals surface area (Å²) in [5.41, 5.74) is 1.41. The van der Waals surface area contributed by atoms with E-state index in [-0.39, 0.29) is 0 Å². The van der Waals surface area contributed by atoms with Crippen molar-refractivity contribution >= 4 is 11.8 Å². The molecule has 0 bridgehead atoms. The summed E-state index contributed by atoms with van der Waals surface area (Å²) in [6.45, 7) is 7.08. The highest BCUT2D eigenvalue weighted by Gasteiger charge is 2.25. The number of benzene rings is 1. The maximum atomic E-state index is 3.82. The summed E-state index contributed by atoms with van der Waals surface area (Å²) >= 11 is 1.80. The molecule has 0 saturated heterocycles. The summed E-state index contributed by atoms with van der Waals surface area (Å²) in [4.78, 5) is 1.34. The molecule has 1 fully saturated rings. The van der Waals surface area contributed by atoms with Gasteiger partial charge in [-0.25, -0.2) is 0 Å². The molecule has 1 aromatic carbocycles. The number of rotatable bonds is 4. The lowest BCUT2D eigenvalue weighted by Gasteiger charge is -2.34.